The molecule has 4 heterocycles. The Labute approximate surface area is 195 Å². The second-order valence-electron chi connectivity index (χ2n) is 8.62. The van der Waals surface area contributed by atoms with Gasteiger partial charge in [-0.25, -0.2) is 9.37 Å². The fourth-order valence-electron chi connectivity index (χ4n) is 4.74. The number of rotatable bonds is 6. The zero-order valence-electron chi connectivity index (χ0n) is 18.8. The van der Waals surface area contributed by atoms with Crippen molar-refractivity contribution >= 4 is 22.5 Å². The molecule has 1 atom stereocenters. The number of halogens is 1. The van der Waals surface area contributed by atoms with Crippen molar-refractivity contribution in [3.05, 3.63) is 71.6 Å². The Hall–Kier alpha value is -3.85. The number of H-pyrrole nitrogens is 1. The van der Waals surface area contributed by atoms with Crippen LogP contribution < -0.4 is 5.32 Å². The Morgan fingerprint density at radius 3 is 3.00 bits per heavy atom. The van der Waals surface area contributed by atoms with Gasteiger partial charge in [-0.15, -0.1) is 0 Å². The minimum Gasteiger partial charge on any atom is -0.384 e. The third-order valence-corrected chi connectivity index (χ3v) is 6.41. The van der Waals surface area contributed by atoms with Crippen molar-refractivity contribution in [3.63, 3.8) is 0 Å². The molecule has 172 valence electrons. The molecule has 0 fully saturated rings. The lowest BCUT2D eigenvalue weighted by Crippen LogP contribution is -2.29. The maximum Gasteiger partial charge on any atom is 0.228 e. The van der Waals surface area contributed by atoms with Gasteiger partial charge in [0.05, 0.1) is 19.0 Å². The van der Waals surface area contributed by atoms with E-state index < -0.39 is 5.82 Å². The SMILES string of the molecule is COCCc1cnn2c(N[C@@H]3CCc4[nH]c5ccccc5c4C3)nc(-c3cncc(F)c3)nc12. The molecule has 0 amide bonds. The highest BCUT2D eigenvalue weighted by Gasteiger charge is 2.24. The second-order valence-corrected chi connectivity index (χ2v) is 8.62. The molecule has 1 aliphatic rings. The van der Waals surface area contributed by atoms with Gasteiger partial charge in [-0.3, -0.25) is 4.98 Å². The predicted molar refractivity (Wildman–Crippen MR) is 127 cm³/mol. The van der Waals surface area contributed by atoms with Crippen LogP contribution in [0, 0.1) is 5.82 Å². The van der Waals surface area contributed by atoms with Crippen molar-refractivity contribution in [1.29, 1.82) is 0 Å². The number of aromatic amines is 1. The molecule has 8 nitrogen and oxygen atoms in total. The van der Waals surface area contributed by atoms with Crippen LogP contribution in [-0.4, -0.2) is 49.3 Å². The number of hydrogen-bond acceptors (Lipinski definition) is 6. The number of nitrogens with zero attached hydrogens (tertiary/aromatic N) is 5. The minimum absolute atomic E-state index is 0.176. The largest absolute Gasteiger partial charge is 0.384 e. The molecule has 0 radical (unpaired) electrons. The average molecular weight is 458 g/mol. The second kappa shape index (κ2) is 8.49. The van der Waals surface area contributed by atoms with E-state index in [2.05, 4.69) is 44.6 Å². The fraction of sp³-hybridized carbons (Fsp3) is 0.280. The third-order valence-electron chi connectivity index (χ3n) is 6.41. The Bertz CT molecular complexity index is 1490. The maximum atomic E-state index is 13.9. The summed E-state index contributed by atoms with van der Waals surface area (Å²) < 4.78 is 20.9. The summed E-state index contributed by atoms with van der Waals surface area (Å²) >= 11 is 0. The van der Waals surface area contributed by atoms with E-state index in [1.807, 2.05) is 0 Å². The topological polar surface area (TPSA) is 93.0 Å². The van der Waals surface area contributed by atoms with Crippen molar-refractivity contribution in [2.45, 2.75) is 31.7 Å². The third kappa shape index (κ3) is 3.67. The van der Waals surface area contributed by atoms with Crippen LogP contribution in [0.4, 0.5) is 10.3 Å². The summed E-state index contributed by atoms with van der Waals surface area (Å²) in [6.07, 6.45) is 7.99. The molecule has 0 bridgehead atoms. The van der Waals surface area contributed by atoms with Gasteiger partial charge >= 0.3 is 0 Å². The fourth-order valence-corrected chi connectivity index (χ4v) is 4.74. The molecule has 0 spiro atoms. The molecule has 9 heteroatoms. The highest BCUT2D eigenvalue weighted by molar-refractivity contribution is 5.85. The molecule has 4 aromatic heterocycles. The van der Waals surface area contributed by atoms with Crippen LogP contribution in [0.2, 0.25) is 0 Å². The molecular weight excluding hydrogens is 433 g/mol. The molecule has 0 saturated heterocycles. The number of nitrogens with one attached hydrogen (secondary N) is 2. The van der Waals surface area contributed by atoms with E-state index in [1.165, 1.54) is 34.4 Å². The van der Waals surface area contributed by atoms with E-state index in [0.717, 1.165) is 24.8 Å². The number of methoxy groups -OCH3 is 1. The van der Waals surface area contributed by atoms with Gasteiger partial charge in [0.1, 0.15) is 5.82 Å². The first-order valence-electron chi connectivity index (χ1n) is 11.4. The number of pyridine rings is 1. The molecule has 6 rings (SSSR count). The van der Waals surface area contributed by atoms with Crippen molar-refractivity contribution < 1.29 is 9.13 Å². The van der Waals surface area contributed by atoms with Gasteiger partial charge in [-0.1, -0.05) is 18.2 Å². The molecule has 2 N–H and O–H groups in total. The van der Waals surface area contributed by atoms with Crippen LogP contribution in [0.15, 0.2) is 48.9 Å². The first kappa shape index (κ1) is 20.7. The minimum atomic E-state index is -0.428. The lowest BCUT2D eigenvalue weighted by Gasteiger charge is -2.24. The van der Waals surface area contributed by atoms with E-state index in [9.17, 15) is 4.39 Å². The molecule has 0 unspecified atom stereocenters. The van der Waals surface area contributed by atoms with E-state index in [0.29, 0.717) is 36.0 Å². The lowest BCUT2D eigenvalue weighted by atomic mass is 9.91. The number of hydrogen-bond donors (Lipinski definition) is 2. The van der Waals surface area contributed by atoms with Gasteiger partial charge in [-0.05, 0) is 37.0 Å². The van der Waals surface area contributed by atoms with Crippen molar-refractivity contribution in [1.82, 2.24) is 29.5 Å². The predicted octanol–water partition coefficient (Wildman–Crippen LogP) is 3.97. The van der Waals surface area contributed by atoms with E-state index in [-0.39, 0.29) is 6.04 Å². The van der Waals surface area contributed by atoms with Gasteiger partial charge < -0.3 is 15.0 Å². The summed E-state index contributed by atoms with van der Waals surface area (Å²) in [7, 11) is 1.67. The van der Waals surface area contributed by atoms with E-state index in [4.69, 9.17) is 14.7 Å². The number of benzene rings is 1. The number of fused-ring (bicyclic) bond motifs is 4. The molecule has 0 saturated carbocycles. The summed E-state index contributed by atoms with van der Waals surface area (Å²) in [5, 5.41) is 9.42. The Balaban J connectivity index is 1.39. The van der Waals surface area contributed by atoms with Crippen LogP contribution in [0.3, 0.4) is 0 Å². The Morgan fingerprint density at radius 1 is 1.21 bits per heavy atom. The molecule has 1 aliphatic carbocycles. The van der Waals surface area contributed by atoms with Gasteiger partial charge in [0, 0.05) is 53.5 Å². The summed E-state index contributed by atoms with van der Waals surface area (Å²) in [5.74, 6) is 0.564. The quantitative estimate of drug-likeness (QED) is 0.401. The summed E-state index contributed by atoms with van der Waals surface area (Å²) in [4.78, 5) is 17.0. The van der Waals surface area contributed by atoms with Gasteiger partial charge in [0.25, 0.3) is 0 Å². The first-order valence-corrected chi connectivity index (χ1v) is 11.4. The monoisotopic (exact) mass is 457 g/mol. The highest BCUT2D eigenvalue weighted by Crippen LogP contribution is 2.30. The first-order chi connectivity index (χ1) is 16.7. The molecule has 5 aromatic rings. The zero-order chi connectivity index (χ0) is 23.1. The van der Waals surface area contributed by atoms with E-state index >= 15 is 0 Å². The number of anilines is 1. The van der Waals surface area contributed by atoms with Crippen molar-refractivity contribution in [2.75, 3.05) is 19.0 Å². The Kier molecular flexibility index (Phi) is 5.18. The molecule has 1 aromatic carbocycles. The Morgan fingerprint density at radius 2 is 2.12 bits per heavy atom. The number of ether oxygens (including phenoxy) is 1. The van der Waals surface area contributed by atoms with Crippen molar-refractivity contribution in [3.8, 4) is 11.4 Å². The standard InChI is InChI=1S/C25H24FN7O/c1-34-9-8-15-13-28-33-24(15)31-23(16-10-17(26)14-27-12-16)32-25(33)29-18-6-7-22-20(11-18)19-4-2-3-5-21(19)30-22/h2-5,10,12-14,18,30H,6-9,11H2,1H3,(H,29,31,32)/t18-/m1/s1. The number of aryl methyl sites for hydroxylation is 1. The normalized spacial score (nSPS) is 15.6. The molecule has 34 heavy (non-hydrogen) atoms. The van der Waals surface area contributed by atoms with Crippen LogP contribution in [-0.2, 0) is 24.0 Å². The average Bonchev–Trinajstić information content (AvgIpc) is 3.44. The summed E-state index contributed by atoms with van der Waals surface area (Å²) in [6.45, 7) is 0.553. The smallest absolute Gasteiger partial charge is 0.228 e. The summed E-state index contributed by atoms with van der Waals surface area (Å²) in [5.41, 5.74) is 5.97. The maximum absolute atomic E-state index is 13.9. The van der Waals surface area contributed by atoms with Gasteiger partial charge in [0.2, 0.25) is 5.95 Å². The number of para-hydroxylation sites is 1. The van der Waals surface area contributed by atoms with Crippen LogP contribution in [0.25, 0.3) is 27.9 Å². The van der Waals surface area contributed by atoms with Gasteiger partial charge in [0.15, 0.2) is 11.5 Å². The lowest BCUT2D eigenvalue weighted by molar-refractivity contribution is 0.202. The summed E-state index contributed by atoms with van der Waals surface area (Å²) in [6, 6.07) is 9.99. The zero-order valence-corrected chi connectivity index (χ0v) is 18.8. The van der Waals surface area contributed by atoms with E-state index in [1.54, 1.807) is 24.0 Å². The number of aromatic nitrogens is 6. The van der Waals surface area contributed by atoms with Crippen molar-refractivity contribution in [2.24, 2.45) is 0 Å². The molecular formula is C25H24FN7O. The highest BCUT2D eigenvalue weighted by atomic mass is 19.1. The molecule has 0 aliphatic heterocycles. The van der Waals surface area contributed by atoms with Gasteiger partial charge in [-0.2, -0.15) is 14.6 Å². The van der Waals surface area contributed by atoms with Crippen LogP contribution in [0.5, 0.6) is 0 Å². The van der Waals surface area contributed by atoms with Crippen LogP contribution in [0.1, 0.15) is 23.2 Å². The van der Waals surface area contributed by atoms with Crippen LogP contribution >= 0.6 is 0 Å².